The van der Waals surface area contributed by atoms with Crippen LogP contribution in [0.5, 0.6) is 0 Å². The predicted molar refractivity (Wildman–Crippen MR) is 72.7 cm³/mol. The van der Waals surface area contributed by atoms with Gasteiger partial charge in [-0.3, -0.25) is 4.90 Å². The Morgan fingerprint density at radius 1 is 1.37 bits per heavy atom. The number of nitrogens with zero attached hydrogens (tertiary/aromatic N) is 1. The molecule has 1 heterocycles. The first kappa shape index (κ1) is 14.4. The van der Waals surface area contributed by atoms with Gasteiger partial charge in [0.1, 0.15) is 11.6 Å². The van der Waals surface area contributed by atoms with Gasteiger partial charge >= 0.3 is 0 Å². The summed E-state index contributed by atoms with van der Waals surface area (Å²) in [5.74, 6) is -0.468. The average Bonchev–Trinajstić information content (AvgIpc) is 2.37. The third-order valence-corrected chi connectivity index (χ3v) is 4.37. The third-order valence-electron chi connectivity index (χ3n) is 4.37. The predicted octanol–water partition coefficient (Wildman–Crippen LogP) is 3.09. The molecule has 0 aromatic heterocycles. The summed E-state index contributed by atoms with van der Waals surface area (Å²) in [5, 5.41) is 0. The number of hydrogen-bond acceptors (Lipinski definition) is 2. The van der Waals surface area contributed by atoms with E-state index < -0.39 is 11.6 Å². The van der Waals surface area contributed by atoms with Gasteiger partial charge in [-0.05, 0) is 38.3 Å². The summed E-state index contributed by atoms with van der Waals surface area (Å²) in [6.45, 7) is 5.64. The van der Waals surface area contributed by atoms with Crippen LogP contribution >= 0.6 is 0 Å². The minimum absolute atomic E-state index is 0.168. The molecule has 1 aliphatic rings. The van der Waals surface area contributed by atoms with Crippen LogP contribution in [0.25, 0.3) is 0 Å². The Balaban J connectivity index is 2.28. The van der Waals surface area contributed by atoms with Gasteiger partial charge in [0.05, 0.1) is 6.04 Å². The van der Waals surface area contributed by atoms with Crippen molar-refractivity contribution in [2.75, 3.05) is 13.1 Å². The van der Waals surface area contributed by atoms with Crippen LogP contribution in [0, 0.1) is 17.6 Å². The first-order valence-corrected chi connectivity index (χ1v) is 6.95. The van der Waals surface area contributed by atoms with E-state index in [1.807, 2.05) is 0 Å². The molecular formula is C15H22F2N2. The summed E-state index contributed by atoms with van der Waals surface area (Å²) in [6, 6.07) is 3.97. The molecule has 0 bridgehead atoms. The normalized spacial score (nSPS) is 26.4. The van der Waals surface area contributed by atoms with Crippen molar-refractivity contribution in [3.63, 3.8) is 0 Å². The van der Waals surface area contributed by atoms with Crippen LogP contribution < -0.4 is 5.73 Å². The molecule has 1 saturated heterocycles. The highest BCUT2D eigenvalue weighted by Gasteiger charge is 2.31. The van der Waals surface area contributed by atoms with E-state index in [0.717, 1.165) is 19.0 Å². The molecule has 0 radical (unpaired) electrons. The van der Waals surface area contributed by atoms with Gasteiger partial charge in [-0.15, -0.1) is 0 Å². The van der Waals surface area contributed by atoms with Crippen LogP contribution in [0.3, 0.4) is 0 Å². The lowest BCUT2D eigenvalue weighted by Gasteiger charge is -2.42. The van der Waals surface area contributed by atoms with Crippen molar-refractivity contribution in [1.29, 1.82) is 0 Å². The Morgan fingerprint density at radius 2 is 2.11 bits per heavy atom. The Hall–Kier alpha value is -1.00. The summed E-state index contributed by atoms with van der Waals surface area (Å²) >= 11 is 0. The van der Waals surface area contributed by atoms with E-state index in [2.05, 4.69) is 18.7 Å². The smallest absolute Gasteiger partial charge is 0.130 e. The number of benzene rings is 1. The number of piperidine rings is 1. The van der Waals surface area contributed by atoms with Gasteiger partial charge in [0.25, 0.3) is 0 Å². The minimum Gasteiger partial charge on any atom is -0.329 e. The summed E-state index contributed by atoms with van der Waals surface area (Å²) in [4.78, 5) is 2.25. The van der Waals surface area contributed by atoms with Crippen molar-refractivity contribution in [3.8, 4) is 0 Å². The van der Waals surface area contributed by atoms with E-state index in [-0.39, 0.29) is 6.04 Å². The molecule has 3 unspecified atom stereocenters. The fraction of sp³-hybridized carbons (Fsp3) is 0.600. The van der Waals surface area contributed by atoms with Crippen molar-refractivity contribution in [3.05, 3.63) is 35.4 Å². The van der Waals surface area contributed by atoms with Crippen LogP contribution in [-0.2, 0) is 0 Å². The Bertz CT molecular complexity index is 436. The van der Waals surface area contributed by atoms with Gasteiger partial charge < -0.3 is 5.73 Å². The Kier molecular flexibility index (Phi) is 4.53. The summed E-state index contributed by atoms with van der Waals surface area (Å²) < 4.78 is 27.0. The highest BCUT2D eigenvalue weighted by molar-refractivity contribution is 5.23. The van der Waals surface area contributed by atoms with Gasteiger partial charge in [-0.1, -0.05) is 13.0 Å². The molecule has 106 valence electrons. The second kappa shape index (κ2) is 5.97. The van der Waals surface area contributed by atoms with E-state index in [4.69, 9.17) is 5.73 Å². The fourth-order valence-corrected chi connectivity index (χ4v) is 3.02. The fourth-order valence-electron chi connectivity index (χ4n) is 3.02. The van der Waals surface area contributed by atoms with Crippen molar-refractivity contribution >= 4 is 0 Å². The zero-order chi connectivity index (χ0) is 14.0. The molecule has 2 rings (SSSR count). The van der Waals surface area contributed by atoms with Crippen molar-refractivity contribution in [2.24, 2.45) is 11.7 Å². The second-order valence-corrected chi connectivity index (χ2v) is 5.52. The van der Waals surface area contributed by atoms with E-state index in [1.165, 1.54) is 18.6 Å². The lowest BCUT2D eigenvalue weighted by Crippen LogP contribution is -2.46. The van der Waals surface area contributed by atoms with Gasteiger partial charge in [0.15, 0.2) is 0 Å². The molecule has 0 amide bonds. The topological polar surface area (TPSA) is 29.3 Å². The summed E-state index contributed by atoms with van der Waals surface area (Å²) in [5.41, 5.74) is 6.35. The van der Waals surface area contributed by atoms with Crippen molar-refractivity contribution in [2.45, 2.75) is 38.8 Å². The second-order valence-electron chi connectivity index (χ2n) is 5.52. The standard InChI is InChI=1S/C15H22F2N2/c1-10-4-3-7-19(11(10)2)15(9-18)13-6-5-12(16)8-14(13)17/h5-6,8,10-11,15H,3-4,7,9,18H2,1-2H3. The molecule has 0 aliphatic carbocycles. The van der Waals surface area contributed by atoms with Crippen LogP contribution in [0.4, 0.5) is 8.78 Å². The monoisotopic (exact) mass is 268 g/mol. The van der Waals surface area contributed by atoms with Crippen LogP contribution in [0.15, 0.2) is 18.2 Å². The number of hydrogen-bond donors (Lipinski definition) is 1. The summed E-state index contributed by atoms with van der Waals surface area (Å²) in [6.07, 6.45) is 2.30. The lowest BCUT2D eigenvalue weighted by molar-refractivity contribution is 0.0694. The quantitative estimate of drug-likeness (QED) is 0.912. The van der Waals surface area contributed by atoms with E-state index in [1.54, 1.807) is 0 Å². The molecule has 3 atom stereocenters. The van der Waals surface area contributed by atoms with Gasteiger partial charge in [-0.25, -0.2) is 8.78 Å². The first-order valence-electron chi connectivity index (χ1n) is 6.95. The van der Waals surface area contributed by atoms with Gasteiger partial charge in [0.2, 0.25) is 0 Å². The largest absolute Gasteiger partial charge is 0.329 e. The molecule has 0 spiro atoms. The van der Waals surface area contributed by atoms with Crippen LogP contribution in [0.2, 0.25) is 0 Å². The zero-order valence-corrected chi connectivity index (χ0v) is 11.6. The number of nitrogens with two attached hydrogens (primary N) is 1. The highest BCUT2D eigenvalue weighted by Crippen LogP contribution is 2.32. The molecule has 1 aromatic carbocycles. The number of rotatable bonds is 3. The van der Waals surface area contributed by atoms with E-state index in [0.29, 0.717) is 24.1 Å². The SMILES string of the molecule is CC1CCCN(C(CN)c2ccc(F)cc2F)C1C. The minimum atomic E-state index is -0.544. The third kappa shape index (κ3) is 2.95. The van der Waals surface area contributed by atoms with Crippen LogP contribution in [-0.4, -0.2) is 24.0 Å². The Labute approximate surface area is 113 Å². The number of halogens is 2. The molecular weight excluding hydrogens is 246 g/mol. The van der Waals surface area contributed by atoms with Gasteiger partial charge in [-0.2, -0.15) is 0 Å². The number of likely N-dealkylation sites (tertiary alicyclic amines) is 1. The maximum atomic E-state index is 13.9. The molecule has 4 heteroatoms. The van der Waals surface area contributed by atoms with Crippen LogP contribution in [0.1, 0.15) is 38.3 Å². The lowest BCUT2D eigenvalue weighted by atomic mass is 9.89. The molecule has 19 heavy (non-hydrogen) atoms. The maximum absolute atomic E-state index is 13.9. The average molecular weight is 268 g/mol. The van der Waals surface area contributed by atoms with E-state index in [9.17, 15) is 8.78 Å². The molecule has 2 N–H and O–H groups in total. The highest BCUT2D eigenvalue weighted by atomic mass is 19.1. The molecule has 1 aliphatic heterocycles. The molecule has 2 nitrogen and oxygen atoms in total. The van der Waals surface area contributed by atoms with E-state index >= 15 is 0 Å². The molecule has 0 saturated carbocycles. The first-order chi connectivity index (χ1) is 9.04. The zero-order valence-electron chi connectivity index (χ0n) is 11.6. The molecule has 1 aromatic rings. The van der Waals surface area contributed by atoms with Gasteiger partial charge in [0, 0.05) is 24.2 Å². The Morgan fingerprint density at radius 3 is 2.74 bits per heavy atom. The maximum Gasteiger partial charge on any atom is 0.130 e. The van der Waals surface area contributed by atoms with Crippen molar-refractivity contribution in [1.82, 2.24) is 4.90 Å². The molecule has 1 fully saturated rings. The summed E-state index contributed by atoms with van der Waals surface area (Å²) in [7, 11) is 0. The van der Waals surface area contributed by atoms with Crippen molar-refractivity contribution < 1.29 is 8.78 Å².